The standard InChI is InChI=1S/C22H33N5O7S/c1-7-32-17(29)14-13-12(35-19-23-10-24-27-19)9-22(15(13)14,18(30)33-8-2)26-16(28)11(3)25-20(31)34-21(4,5)6/h10-15H,7-9H2,1-6H3,(H,25,31)(H,26,28)(H,23,24,27)/t11-,12-,13-,14-,15-,22-/m0/s1. The molecular formula is C22H33N5O7S. The topological polar surface area (TPSA) is 162 Å². The highest BCUT2D eigenvalue weighted by Gasteiger charge is 2.76. The Kier molecular flexibility index (Phi) is 7.97. The Labute approximate surface area is 208 Å². The van der Waals surface area contributed by atoms with Crippen molar-refractivity contribution in [1.29, 1.82) is 0 Å². The summed E-state index contributed by atoms with van der Waals surface area (Å²) >= 11 is 1.35. The van der Waals surface area contributed by atoms with Crippen molar-refractivity contribution in [2.45, 2.75) is 75.6 Å². The molecule has 3 N–H and O–H groups in total. The van der Waals surface area contributed by atoms with Gasteiger partial charge in [0.1, 0.15) is 23.5 Å². The van der Waals surface area contributed by atoms with Crippen LogP contribution in [0.3, 0.4) is 0 Å². The normalized spacial score (nSPS) is 27.8. The number of aromatic nitrogens is 3. The molecule has 3 rings (SSSR count). The lowest BCUT2D eigenvalue weighted by atomic mass is 9.89. The van der Waals surface area contributed by atoms with E-state index in [-0.39, 0.29) is 30.8 Å². The van der Waals surface area contributed by atoms with E-state index in [1.54, 1.807) is 34.6 Å². The summed E-state index contributed by atoms with van der Waals surface area (Å²) in [5, 5.41) is 13.4. The number of aromatic amines is 1. The second-order valence-corrected chi connectivity index (χ2v) is 10.8. The van der Waals surface area contributed by atoms with Gasteiger partial charge in [-0.1, -0.05) is 11.8 Å². The maximum Gasteiger partial charge on any atom is 0.408 e. The highest BCUT2D eigenvalue weighted by molar-refractivity contribution is 7.99. The van der Waals surface area contributed by atoms with Crippen LogP contribution >= 0.6 is 11.8 Å². The number of esters is 2. The molecule has 6 atom stereocenters. The summed E-state index contributed by atoms with van der Waals surface area (Å²) in [6.07, 6.45) is 0.895. The van der Waals surface area contributed by atoms with E-state index in [4.69, 9.17) is 14.2 Å². The van der Waals surface area contributed by atoms with Gasteiger partial charge in [-0.05, 0) is 53.9 Å². The SMILES string of the molecule is CCOC(=O)[C@H]1[C@H]2[C@@H]1[C@](NC(=O)[C@H](C)NC(=O)OC(C)(C)C)(C(=O)OCC)C[C@@H]2Sc1nnc[nH]1. The quantitative estimate of drug-likeness (QED) is 0.327. The second kappa shape index (κ2) is 10.4. The van der Waals surface area contributed by atoms with Gasteiger partial charge in [0.2, 0.25) is 5.91 Å². The molecule has 1 heterocycles. The van der Waals surface area contributed by atoms with Crippen molar-refractivity contribution in [2.75, 3.05) is 13.2 Å². The fourth-order valence-electron chi connectivity index (χ4n) is 4.62. The van der Waals surface area contributed by atoms with Crippen LogP contribution < -0.4 is 10.6 Å². The fraction of sp³-hybridized carbons (Fsp3) is 0.727. The number of H-pyrrole nitrogens is 1. The number of alkyl carbamates (subject to hydrolysis) is 1. The van der Waals surface area contributed by atoms with E-state index in [2.05, 4.69) is 25.8 Å². The van der Waals surface area contributed by atoms with Crippen molar-refractivity contribution in [3.63, 3.8) is 0 Å². The number of nitrogens with zero attached hydrogens (tertiary/aromatic N) is 2. The third-order valence-corrected chi connectivity index (χ3v) is 7.13. The van der Waals surface area contributed by atoms with Crippen LogP contribution in [0.5, 0.6) is 0 Å². The number of carbonyl (C=O) groups is 4. The molecule has 0 bridgehead atoms. The number of ether oxygens (including phenoxy) is 3. The summed E-state index contributed by atoms with van der Waals surface area (Å²) in [5.74, 6) is -2.97. The number of hydrogen-bond donors (Lipinski definition) is 3. The van der Waals surface area contributed by atoms with Crippen LogP contribution in [0, 0.1) is 17.8 Å². The van der Waals surface area contributed by atoms with Gasteiger partial charge >= 0.3 is 18.0 Å². The van der Waals surface area contributed by atoms with E-state index >= 15 is 0 Å². The molecule has 194 valence electrons. The molecule has 0 unspecified atom stereocenters. The average Bonchev–Trinajstić information content (AvgIpc) is 3.14. The van der Waals surface area contributed by atoms with Crippen molar-refractivity contribution in [3.05, 3.63) is 6.33 Å². The molecule has 0 radical (unpaired) electrons. The molecule has 2 aliphatic carbocycles. The van der Waals surface area contributed by atoms with Gasteiger partial charge in [0, 0.05) is 11.2 Å². The van der Waals surface area contributed by atoms with Crippen molar-refractivity contribution in [2.24, 2.45) is 17.8 Å². The molecule has 0 aromatic carbocycles. The molecular weight excluding hydrogens is 478 g/mol. The van der Waals surface area contributed by atoms with Crippen LogP contribution in [0.1, 0.15) is 48.0 Å². The van der Waals surface area contributed by atoms with Crippen LogP contribution in [0.15, 0.2) is 11.5 Å². The molecule has 12 nitrogen and oxygen atoms in total. The smallest absolute Gasteiger partial charge is 0.408 e. The summed E-state index contributed by atoms with van der Waals surface area (Å²) in [7, 11) is 0. The first-order chi connectivity index (χ1) is 16.4. The van der Waals surface area contributed by atoms with Crippen molar-refractivity contribution >= 4 is 35.7 Å². The zero-order chi connectivity index (χ0) is 26.0. The molecule has 2 saturated carbocycles. The van der Waals surface area contributed by atoms with Crippen molar-refractivity contribution in [1.82, 2.24) is 25.8 Å². The molecule has 0 saturated heterocycles. The number of thioether (sulfide) groups is 1. The van der Waals surface area contributed by atoms with Gasteiger partial charge in [-0.3, -0.25) is 9.59 Å². The largest absolute Gasteiger partial charge is 0.466 e. The molecule has 2 fully saturated rings. The highest BCUT2D eigenvalue weighted by Crippen LogP contribution is 2.66. The predicted octanol–water partition coefficient (Wildman–Crippen LogP) is 1.43. The minimum atomic E-state index is -1.46. The van der Waals surface area contributed by atoms with Gasteiger partial charge < -0.3 is 29.8 Å². The summed E-state index contributed by atoms with van der Waals surface area (Å²) in [6, 6.07) is -1.00. The van der Waals surface area contributed by atoms with Crippen LogP contribution in [0.2, 0.25) is 0 Å². The van der Waals surface area contributed by atoms with Crippen molar-refractivity contribution < 1.29 is 33.4 Å². The Balaban J connectivity index is 1.85. The van der Waals surface area contributed by atoms with Crippen molar-refractivity contribution in [3.8, 4) is 0 Å². The Hall–Kier alpha value is -2.83. The third kappa shape index (κ3) is 5.88. The maximum atomic E-state index is 13.3. The van der Waals surface area contributed by atoms with Gasteiger partial charge in [0.05, 0.1) is 19.1 Å². The number of rotatable bonds is 9. The van der Waals surface area contributed by atoms with Crippen LogP contribution in [-0.2, 0) is 28.6 Å². The molecule has 13 heteroatoms. The first kappa shape index (κ1) is 26.8. The number of fused-ring (bicyclic) bond motifs is 1. The maximum absolute atomic E-state index is 13.3. The van der Waals surface area contributed by atoms with Crippen LogP contribution in [0.25, 0.3) is 0 Å². The number of amides is 2. The molecule has 2 amide bonds. The lowest BCUT2D eigenvalue weighted by molar-refractivity contribution is -0.155. The van der Waals surface area contributed by atoms with E-state index < -0.39 is 53.0 Å². The number of hydrogen-bond acceptors (Lipinski definition) is 10. The second-order valence-electron chi connectivity index (χ2n) is 9.58. The zero-order valence-electron chi connectivity index (χ0n) is 20.7. The van der Waals surface area contributed by atoms with Crippen LogP contribution in [-0.4, -0.2) is 74.8 Å². The van der Waals surface area contributed by atoms with E-state index in [1.165, 1.54) is 25.0 Å². The minimum absolute atomic E-state index is 0.101. The summed E-state index contributed by atoms with van der Waals surface area (Å²) in [5.41, 5.74) is -2.20. The minimum Gasteiger partial charge on any atom is -0.466 e. The third-order valence-electron chi connectivity index (χ3n) is 5.93. The first-order valence-electron chi connectivity index (χ1n) is 11.6. The fourth-order valence-corrected chi connectivity index (χ4v) is 5.97. The lowest BCUT2D eigenvalue weighted by Gasteiger charge is -2.33. The zero-order valence-corrected chi connectivity index (χ0v) is 21.6. The molecule has 1 aromatic heterocycles. The van der Waals surface area contributed by atoms with Gasteiger partial charge in [-0.2, -0.15) is 0 Å². The molecule has 2 aliphatic rings. The summed E-state index contributed by atoms with van der Waals surface area (Å²) < 4.78 is 15.8. The number of nitrogens with one attached hydrogen (secondary N) is 3. The summed E-state index contributed by atoms with van der Waals surface area (Å²) in [4.78, 5) is 54.3. The Morgan fingerprint density at radius 1 is 1.23 bits per heavy atom. The first-order valence-corrected chi connectivity index (χ1v) is 12.5. The predicted molar refractivity (Wildman–Crippen MR) is 124 cm³/mol. The summed E-state index contributed by atoms with van der Waals surface area (Å²) in [6.45, 7) is 10.3. The number of carbonyl (C=O) groups excluding carboxylic acids is 4. The van der Waals surface area contributed by atoms with Gasteiger partial charge in [0.15, 0.2) is 5.16 Å². The van der Waals surface area contributed by atoms with Gasteiger partial charge in [-0.15, -0.1) is 10.2 Å². The Bertz CT molecular complexity index is 950. The Morgan fingerprint density at radius 3 is 2.49 bits per heavy atom. The molecule has 1 aromatic rings. The average molecular weight is 512 g/mol. The molecule has 35 heavy (non-hydrogen) atoms. The van der Waals surface area contributed by atoms with E-state index in [9.17, 15) is 19.2 Å². The van der Waals surface area contributed by atoms with Gasteiger partial charge in [0.25, 0.3) is 0 Å². The highest BCUT2D eigenvalue weighted by atomic mass is 32.2. The molecule has 0 aliphatic heterocycles. The van der Waals surface area contributed by atoms with E-state index in [0.29, 0.717) is 5.16 Å². The van der Waals surface area contributed by atoms with E-state index in [1.807, 2.05) is 0 Å². The van der Waals surface area contributed by atoms with E-state index in [0.717, 1.165) is 0 Å². The lowest BCUT2D eigenvalue weighted by Crippen LogP contribution is -2.61. The monoisotopic (exact) mass is 511 g/mol. The Morgan fingerprint density at radius 2 is 1.91 bits per heavy atom. The molecule has 0 spiro atoms. The van der Waals surface area contributed by atoms with Gasteiger partial charge in [-0.25, -0.2) is 9.59 Å². The van der Waals surface area contributed by atoms with Crippen LogP contribution in [0.4, 0.5) is 4.79 Å².